The number of rotatable bonds is 15. The number of methoxy groups -OCH3 is 2. The molecular weight excluding hydrogens is 608 g/mol. The summed E-state index contributed by atoms with van der Waals surface area (Å²) in [6.07, 6.45) is 2.57. The normalized spacial score (nSPS) is 14.2. The Labute approximate surface area is 281 Å². The molecule has 1 fully saturated rings. The van der Waals surface area contributed by atoms with E-state index in [1.54, 1.807) is 24.9 Å². The van der Waals surface area contributed by atoms with Crippen LogP contribution < -0.4 is 19.1 Å². The first kappa shape index (κ1) is 33.2. The monoisotopic (exact) mass is 652 g/mol. The van der Waals surface area contributed by atoms with Crippen LogP contribution >= 0.6 is 0 Å². The molecule has 48 heavy (non-hydrogen) atoms. The Bertz CT molecular complexity index is 1690. The van der Waals surface area contributed by atoms with Crippen molar-refractivity contribution in [3.05, 3.63) is 107 Å². The van der Waals surface area contributed by atoms with E-state index < -0.39 is 6.10 Å². The van der Waals surface area contributed by atoms with Crippen LogP contribution in [0.1, 0.15) is 53.8 Å². The van der Waals surface area contributed by atoms with E-state index in [4.69, 9.17) is 34.0 Å². The highest BCUT2D eigenvalue weighted by atomic mass is 16.5. The predicted molar refractivity (Wildman–Crippen MR) is 184 cm³/mol. The summed E-state index contributed by atoms with van der Waals surface area (Å²) in [5.41, 5.74) is 5.14. The second kappa shape index (κ2) is 15.9. The Morgan fingerprint density at radius 1 is 0.854 bits per heavy atom. The van der Waals surface area contributed by atoms with Crippen LogP contribution in [0.15, 0.2) is 79.0 Å². The van der Waals surface area contributed by atoms with Gasteiger partial charge in [-0.3, -0.25) is 4.90 Å². The van der Waals surface area contributed by atoms with E-state index in [1.165, 1.54) is 5.56 Å². The number of nitrogens with zero attached hydrogens (tertiary/aromatic N) is 6. The lowest BCUT2D eigenvalue weighted by molar-refractivity contribution is 0.0342. The number of fused-ring (bicyclic) bond motifs is 1. The fraction of sp³-hybridized carbons (Fsp3) is 0.378. The number of hydrogen-bond donors (Lipinski definition) is 1. The highest BCUT2D eigenvalue weighted by Gasteiger charge is 2.24. The number of hydrogen-bond acceptors (Lipinski definition) is 10. The summed E-state index contributed by atoms with van der Waals surface area (Å²) in [5, 5.41) is 16.4. The highest BCUT2D eigenvalue weighted by molar-refractivity contribution is 5.65. The Morgan fingerprint density at radius 2 is 1.46 bits per heavy atom. The van der Waals surface area contributed by atoms with Gasteiger partial charge in [0, 0.05) is 32.7 Å². The molecule has 1 unspecified atom stereocenters. The lowest BCUT2D eigenvalue weighted by atomic mass is 10.0. The smallest absolute Gasteiger partial charge is 0.336 e. The molecule has 0 spiro atoms. The maximum atomic E-state index is 11.7. The van der Waals surface area contributed by atoms with E-state index in [1.807, 2.05) is 60.7 Å². The summed E-state index contributed by atoms with van der Waals surface area (Å²) in [6.45, 7) is 7.88. The molecule has 6 rings (SSSR count). The van der Waals surface area contributed by atoms with Crippen molar-refractivity contribution in [3.63, 3.8) is 0 Å². The minimum absolute atomic E-state index is 0.229. The van der Waals surface area contributed by atoms with Gasteiger partial charge >= 0.3 is 6.01 Å². The molecule has 1 aliphatic heterocycles. The van der Waals surface area contributed by atoms with E-state index in [0.717, 1.165) is 73.9 Å². The molecule has 11 heteroatoms. The summed E-state index contributed by atoms with van der Waals surface area (Å²) < 4.78 is 24.0. The van der Waals surface area contributed by atoms with Gasteiger partial charge < -0.3 is 29.0 Å². The molecular formula is C37H44N6O5. The van der Waals surface area contributed by atoms with Gasteiger partial charge in [-0.15, -0.1) is 5.10 Å². The molecule has 3 aromatic carbocycles. The van der Waals surface area contributed by atoms with E-state index in [0.29, 0.717) is 36.9 Å². The molecule has 5 aromatic rings. The number of unbranched alkanes of at least 4 members (excludes halogenated alkanes) is 1. The second-order valence-corrected chi connectivity index (χ2v) is 11.9. The zero-order chi connectivity index (χ0) is 33.3. The van der Waals surface area contributed by atoms with Crippen LogP contribution in [0.2, 0.25) is 0 Å². The van der Waals surface area contributed by atoms with E-state index >= 15 is 0 Å². The van der Waals surface area contributed by atoms with Crippen molar-refractivity contribution in [1.82, 2.24) is 24.5 Å². The quantitative estimate of drug-likeness (QED) is 0.147. The molecule has 1 atom stereocenters. The Balaban J connectivity index is 1.35. The molecule has 2 aromatic heterocycles. The molecule has 252 valence electrons. The van der Waals surface area contributed by atoms with Gasteiger partial charge in [-0.1, -0.05) is 61.9 Å². The molecule has 1 N–H and O–H groups in total. The number of aliphatic hydroxyl groups is 1. The average molecular weight is 653 g/mol. The average Bonchev–Trinajstić information content (AvgIpc) is 3.56. The first-order valence-electron chi connectivity index (χ1n) is 16.5. The highest BCUT2D eigenvalue weighted by Crippen LogP contribution is 2.30. The lowest BCUT2D eigenvalue weighted by Gasteiger charge is -2.26. The Morgan fingerprint density at radius 3 is 2.04 bits per heavy atom. The van der Waals surface area contributed by atoms with Gasteiger partial charge in [0.25, 0.3) is 0 Å². The van der Waals surface area contributed by atoms with E-state index in [2.05, 4.69) is 28.9 Å². The number of ether oxygens (including phenoxy) is 4. The number of aromatic nitrogens is 4. The molecule has 1 saturated heterocycles. The Hall–Kier alpha value is -4.71. The van der Waals surface area contributed by atoms with Gasteiger partial charge in [0.15, 0.2) is 11.5 Å². The van der Waals surface area contributed by atoms with E-state index in [-0.39, 0.29) is 6.01 Å². The minimum atomic E-state index is -0.958. The zero-order valence-corrected chi connectivity index (χ0v) is 27.9. The van der Waals surface area contributed by atoms with Crippen LogP contribution in [-0.4, -0.2) is 76.7 Å². The maximum absolute atomic E-state index is 11.7. The molecule has 0 saturated carbocycles. The maximum Gasteiger partial charge on any atom is 0.336 e. The number of aliphatic hydroxyl groups excluding tert-OH is 1. The number of anilines is 1. The Kier molecular flexibility index (Phi) is 11.0. The third-order valence-corrected chi connectivity index (χ3v) is 8.53. The fourth-order valence-electron chi connectivity index (χ4n) is 5.73. The van der Waals surface area contributed by atoms with E-state index in [9.17, 15) is 5.11 Å². The van der Waals surface area contributed by atoms with Gasteiger partial charge in [0.05, 0.1) is 45.9 Å². The van der Waals surface area contributed by atoms with Crippen LogP contribution in [0, 0.1) is 0 Å². The summed E-state index contributed by atoms with van der Waals surface area (Å²) in [7, 11) is 3.32. The fourth-order valence-corrected chi connectivity index (χ4v) is 5.73. The first-order valence-corrected chi connectivity index (χ1v) is 16.5. The third kappa shape index (κ3) is 8.04. The molecule has 1 aliphatic rings. The van der Waals surface area contributed by atoms with Crippen LogP contribution in [-0.2, 0) is 24.4 Å². The topological polar surface area (TPSA) is 107 Å². The van der Waals surface area contributed by atoms with Crippen molar-refractivity contribution in [2.75, 3.05) is 52.0 Å². The van der Waals surface area contributed by atoms with Gasteiger partial charge in [-0.25, -0.2) is 9.50 Å². The predicted octanol–water partition coefficient (Wildman–Crippen LogP) is 5.44. The minimum Gasteiger partial charge on any atom is -0.497 e. The SMILES string of the molecule is CCCCOc1nc(N(Cc2ccc(OC)cc2)Cc2ccc(OC)cc2)c2ncc(C(O)c3ccc(CN4CCOCC4)cc3)n2n1. The summed E-state index contributed by atoms with van der Waals surface area (Å²) in [5.74, 6) is 2.18. The van der Waals surface area contributed by atoms with Crippen molar-refractivity contribution >= 4 is 11.5 Å². The van der Waals surface area contributed by atoms with Crippen molar-refractivity contribution in [1.29, 1.82) is 0 Å². The van der Waals surface area contributed by atoms with Gasteiger partial charge in [0.2, 0.25) is 0 Å². The molecule has 11 nitrogen and oxygen atoms in total. The summed E-state index contributed by atoms with van der Waals surface area (Å²) in [6, 6.07) is 24.3. The van der Waals surface area contributed by atoms with Crippen molar-refractivity contribution in [2.24, 2.45) is 0 Å². The third-order valence-electron chi connectivity index (χ3n) is 8.53. The molecule has 0 bridgehead atoms. The largest absolute Gasteiger partial charge is 0.497 e. The second-order valence-electron chi connectivity index (χ2n) is 11.9. The standard InChI is InChI=1S/C37H44N6O5/c1-4-5-20-48-37-39-36(42(25-28-8-14-31(45-2)15-9-28)26-29-10-16-32(46-3)17-11-29)35-38-23-33(43(35)40-37)34(44)30-12-6-27(7-13-30)24-41-18-21-47-22-19-41/h6-17,23,34,44H,4-5,18-22,24-26H2,1-3H3. The molecule has 3 heterocycles. The number of morpholine rings is 1. The van der Waals surface area contributed by atoms with Crippen molar-refractivity contribution in [3.8, 4) is 17.5 Å². The van der Waals surface area contributed by atoms with Crippen LogP contribution in [0.3, 0.4) is 0 Å². The van der Waals surface area contributed by atoms with Gasteiger partial charge in [0.1, 0.15) is 17.6 Å². The first-order chi connectivity index (χ1) is 23.5. The van der Waals surface area contributed by atoms with Crippen molar-refractivity contribution in [2.45, 2.75) is 45.5 Å². The number of imidazole rings is 1. The van der Waals surface area contributed by atoms with Gasteiger partial charge in [-0.05, 0) is 52.9 Å². The zero-order valence-electron chi connectivity index (χ0n) is 27.9. The lowest BCUT2D eigenvalue weighted by Crippen LogP contribution is -2.35. The van der Waals surface area contributed by atoms with Gasteiger partial charge in [-0.2, -0.15) is 4.98 Å². The van der Waals surface area contributed by atoms with Crippen molar-refractivity contribution < 1.29 is 24.1 Å². The summed E-state index contributed by atoms with van der Waals surface area (Å²) in [4.78, 5) is 14.2. The summed E-state index contributed by atoms with van der Waals surface area (Å²) >= 11 is 0. The van der Waals surface area contributed by atoms with Crippen LogP contribution in [0.25, 0.3) is 5.65 Å². The molecule has 0 amide bonds. The molecule has 0 radical (unpaired) electrons. The number of benzene rings is 3. The molecule has 0 aliphatic carbocycles. The van der Waals surface area contributed by atoms with Crippen LogP contribution in [0.5, 0.6) is 17.5 Å². The van der Waals surface area contributed by atoms with Crippen LogP contribution in [0.4, 0.5) is 5.82 Å².